The largest absolute Gasteiger partial charge is 0.426 e. The van der Waals surface area contributed by atoms with Crippen LogP contribution in [0.15, 0.2) is 35.6 Å². The average Bonchev–Trinajstić information content (AvgIpc) is 2.86. The Balaban J connectivity index is 2.20. The summed E-state index contributed by atoms with van der Waals surface area (Å²) in [6.45, 7) is 1.25. The summed E-state index contributed by atoms with van der Waals surface area (Å²) in [4.78, 5) is 37.2. The second kappa shape index (κ2) is 6.02. The summed E-state index contributed by atoms with van der Waals surface area (Å²) in [5, 5.41) is 5.62. The second-order valence-corrected chi connectivity index (χ2v) is 4.65. The Bertz CT molecular complexity index is 668. The van der Waals surface area contributed by atoms with Crippen molar-refractivity contribution in [1.82, 2.24) is 4.98 Å². The predicted octanol–water partition coefficient (Wildman–Crippen LogP) is 2.72. The van der Waals surface area contributed by atoms with Crippen LogP contribution in [0, 0.1) is 4.91 Å². The molecule has 8 heteroatoms. The normalized spacial score (nSPS) is 9.85. The molecule has 0 saturated carbocycles. The van der Waals surface area contributed by atoms with Gasteiger partial charge in [0, 0.05) is 6.92 Å². The maximum Gasteiger partial charge on any atom is 0.308 e. The molecule has 0 spiro atoms. The molecule has 0 aliphatic heterocycles. The minimum absolute atomic E-state index is 0.155. The fraction of sp³-hybridized carbons (Fsp3) is 0.0833. The van der Waals surface area contributed by atoms with E-state index in [2.05, 4.69) is 15.5 Å². The highest BCUT2D eigenvalue weighted by atomic mass is 32.1. The van der Waals surface area contributed by atoms with Crippen LogP contribution in [0.4, 0.5) is 10.1 Å². The van der Waals surface area contributed by atoms with Gasteiger partial charge in [0.2, 0.25) is 0 Å². The van der Waals surface area contributed by atoms with E-state index in [4.69, 9.17) is 4.74 Å². The van der Waals surface area contributed by atoms with E-state index in [9.17, 15) is 14.5 Å². The number of hydrogen-bond donors (Lipinski definition) is 1. The molecule has 1 heterocycles. The molecule has 0 unspecified atom stereocenters. The Kier molecular flexibility index (Phi) is 4.16. The molecule has 0 aliphatic rings. The number of thiazole rings is 1. The molecule has 1 N–H and O–H groups in total. The quantitative estimate of drug-likeness (QED) is 0.530. The number of para-hydroxylation sites is 1. The number of amides is 1. The van der Waals surface area contributed by atoms with Crippen LogP contribution in [-0.4, -0.2) is 16.9 Å². The first-order valence-electron chi connectivity index (χ1n) is 5.48. The molecule has 102 valence electrons. The summed E-state index contributed by atoms with van der Waals surface area (Å²) in [7, 11) is 0. The molecule has 0 radical (unpaired) electrons. The zero-order valence-electron chi connectivity index (χ0n) is 10.3. The van der Waals surface area contributed by atoms with Crippen molar-refractivity contribution in [3.05, 3.63) is 40.9 Å². The molecule has 0 bridgehead atoms. The maximum absolute atomic E-state index is 12.1. The molecule has 7 nitrogen and oxygen atoms in total. The molecule has 2 rings (SSSR count). The molecular formula is C12H9N3O4S. The van der Waals surface area contributed by atoms with Gasteiger partial charge in [-0.1, -0.05) is 23.5 Å². The molecule has 0 saturated heterocycles. The van der Waals surface area contributed by atoms with E-state index in [1.165, 1.54) is 25.3 Å². The Labute approximate surface area is 117 Å². The van der Waals surface area contributed by atoms with Crippen LogP contribution in [0.3, 0.4) is 0 Å². The Morgan fingerprint density at radius 1 is 1.35 bits per heavy atom. The van der Waals surface area contributed by atoms with E-state index in [0.717, 1.165) is 11.3 Å². The van der Waals surface area contributed by atoms with Gasteiger partial charge in [-0.05, 0) is 17.3 Å². The van der Waals surface area contributed by atoms with Gasteiger partial charge >= 0.3 is 5.97 Å². The van der Waals surface area contributed by atoms with Gasteiger partial charge in [0.1, 0.15) is 5.75 Å². The molecule has 1 amide bonds. The monoisotopic (exact) mass is 291 g/mol. The van der Waals surface area contributed by atoms with Crippen LogP contribution in [0.2, 0.25) is 0 Å². The van der Waals surface area contributed by atoms with Crippen molar-refractivity contribution >= 4 is 33.3 Å². The third-order valence-electron chi connectivity index (χ3n) is 2.19. The van der Waals surface area contributed by atoms with Crippen molar-refractivity contribution < 1.29 is 14.3 Å². The third kappa shape index (κ3) is 3.23. The van der Waals surface area contributed by atoms with E-state index < -0.39 is 11.9 Å². The number of esters is 1. The molecule has 0 aliphatic carbocycles. The number of carbonyl (C=O) groups excluding carboxylic acids is 2. The van der Waals surface area contributed by atoms with Crippen LogP contribution in [0.1, 0.15) is 17.3 Å². The minimum atomic E-state index is -0.521. The van der Waals surface area contributed by atoms with E-state index in [0.29, 0.717) is 0 Å². The number of carbonyl (C=O) groups is 2. The van der Waals surface area contributed by atoms with Crippen molar-refractivity contribution in [3.8, 4) is 5.75 Å². The van der Waals surface area contributed by atoms with Crippen molar-refractivity contribution in [2.45, 2.75) is 6.92 Å². The molecule has 1 aromatic carbocycles. The van der Waals surface area contributed by atoms with Crippen LogP contribution in [-0.2, 0) is 4.79 Å². The van der Waals surface area contributed by atoms with E-state index in [1.807, 2.05) is 0 Å². The van der Waals surface area contributed by atoms with Gasteiger partial charge in [0.05, 0.1) is 11.8 Å². The van der Waals surface area contributed by atoms with Crippen molar-refractivity contribution in [3.63, 3.8) is 0 Å². The number of hydrogen-bond acceptors (Lipinski definition) is 7. The van der Waals surface area contributed by atoms with Gasteiger partial charge in [-0.3, -0.25) is 14.9 Å². The van der Waals surface area contributed by atoms with E-state index >= 15 is 0 Å². The first kappa shape index (κ1) is 13.8. The Morgan fingerprint density at radius 3 is 2.75 bits per heavy atom. The van der Waals surface area contributed by atoms with Crippen molar-refractivity contribution in [2.75, 3.05) is 5.32 Å². The SMILES string of the molecule is CC(=O)Oc1ccccc1C(=O)Nc1ncc(N=O)s1. The van der Waals surface area contributed by atoms with Crippen LogP contribution >= 0.6 is 11.3 Å². The number of ether oxygens (including phenoxy) is 1. The summed E-state index contributed by atoms with van der Waals surface area (Å²) in [5.74, 6) is -0.858. The topological polar surface area (TPSA) is 97.7 Å². The van der Waals surface area contributed by atoms with Crippen molar-refractivity contribution in [1.29, 1.82) is 0 Å². The predicted molar refractivity (Wildman–Crippen MR) is 73.3 cm³/mol. The fourth-order valence-corrected chi connectivity index (χ4v) is 2.02. The molecule has 20 heavy (non-hydrogen) atoms. The number of rotatable bonds is 4. The van der Waals surface area contributed by atoms with Gasteiger partial charge in [0.15, 0.2) is 10.1 Å². The zero-order chi connectivity index (χ0) is 14.5. The molecule has 2 aromatic rings. The molecule has 0 atom stereocenters. The highest BCUT2D eigenvalue weighted by Gasteiger charge is 2.15. The third-order valence-corrected chi connectivity index (χ3v) is 2.98. The van der Waals surface area contributed by atoms with Crippen LogP contribution < -0.4 is 10.1 Å². The van der Waals surface area contributed by atoms with Gasteiger partial charge in [-0.15, -0.1) is 4.91 Å². The molecule has 0 fully saturated rings. The van der Waals surface area contributed by atoms with Gasteiger partial charge in [-0.25, -0.2) is 4.98 Å². The number of nitrogens with zero attached hydrogens (tertiary/aromatic N) is 2. The first-order valence-corrected chi connectivity index (χ1v) is 6.30. The number of benzene rings is 1. The summed E-state index contributed by atoms with van der Waals surface area (Å²) in [6, 6.07) is 6.31. The lowest BCUT2D eigenvalue weighted by Gasteiger charge is -2.07. The lowest BCUT2D eigenvalue weighted by atomic mass is 10.2. The van der Waals surface area contributed by atoms with Crippen LogP contribution in [0.25, 0.3) is 0 Å². The Hall–Kier alpha value is -2.61. The Morgan fingerprint density at radius 2 is 2.10 bits per heavy atom. The maximum atomic E-state index is 12.1. The van der Waals surface area contributed by atoms with Crippen molar-refractivity contribution in [2.24, 2.45) is 5.18 Å². The summed E-state index contributed by atoms with van der Waals surface area (Å²) >= 11 is 0.946. The molecule has 1 aromatic heterocycles. The fourth-order valence-electron chi connectivity index (χ4n) is 1.43. The highest BCUT2D eigenvalue weighted by molar-refractivity contribution is 7.19. The van der Waals surface area contributed by atoms with Gasteiger partial charge in [-0.2, -0.15) is 0 Å². The lowest BCUT2D eigenvalue weighted by molar-refractivity contribution is -0.131. The average molecular weight is 291 g/mol. The smallest absolute Gasteiger partial charge is 0.308 e. The highest BCUT2D eigenvalue weighted by Crippen LogP contribution is 2.27. The number of aromatic nitrogens is 1. The van der Waals surface area contributed by atoms with Gasteiger partial charge < -0.3 is 4.74 Å². The second-order valence-electron chi connectivity index (χ2n) is 3.64. The lowest BCUT2D eigenvalue weighted by Crippen LogP contribution is -2.14. The molecular weight excluding hydrogens is 282 g/mol. The van der Waals surface area contributed by atoms with Crippen LogP contribution in [0.5, 0.6) is 5.75 Å². The number of anilines is 1. The number of nitrogens with one attached hydrogen (secondary N) is 1. The minimum Gasteiger partial charge on any atom is -0.426 e. The number of nitroso groups, excluding NO2 is 1. The van der Waals surface area contributed by atoms with Gasteiger partial charge in [0.25, 0.3) is 5.91 Å². The summed E-state index contributed by atoms with van der Waals surface area (Å²) in [5.41, 5.74) is 0.193. The van der Waals surface area contributed by atoms with E-state index in [-0.39, 0.29) is 21.4 Å². The summed E-state index contributed by atoms with van der Waals surface area (Å²) < 4.78 is 4.95. The zero-order valence-corrected chi connectivity index (χ0v) is 11.1. The van der Waals surface area contributed by atoms with E-state index in [1.54, 1.807) is 12.1 Å². The first-order chi connectivity index (χ1) is 9.60. The standard InChI is InChI=1S/C12H9N3O4S/c1-7(16)19-9-5-3-2-4-8(9)11(17)14-12-13-6-10(15-18)20-12/h2-6H,1H3,(H,13,14,17). The summed E-state index contributed by atoms with van der Waals surface area (Å²) in [6.07, 6.45) is 1.26.